The van der Waals surface area contributed by atoms with Crippen LogP contribution in [0.5, 0.6) is 0 Å². The second-order valence-electron chi connectivity index (χ2n) is 6.37. The average molecular weight is 329 g/mol. The predicted molar refractivity (Wildman–Crippen MR) is 89.6 cm³/mol. The number of likely N-dealkylation sites (N-methyl/N-ethyl adjacent to an activating group) is 1. The van der Waals surface area contributed by atoms with Gasteiger partial charge in [-0.3, -0.25) is 9.69 Å². The summed E-state index contributed by atoms with van der Waals surface area (Å²) < 4.78 is 5.39. The Hall–Kier alpha value is -2.17. The fraction of sp³-hybridized carbons (Fsp3) is 0.588. The molecule has 1 aromatic rings. The van der Waals surface area contributed by atoms with E-state index in [0.717, 1.165) is 31.7 Å². The number of ether oxygens (including phenoxy) is 1. The number of hydrogen-bond acceptors (Lipinski definition) is 6. The van der Waals surface area contributed by atoms with E-state index in [9.17, 15) is 4.79 Å². The first-order chi connectivity index (χ1) is 11.6. The minimum Gasteiger partial charge on any atom is -0.380 e. The molecule has 0 aromatic carbocycles. The minimum atomic E-state index is -0.0712. The number of pyridine rings is 1. The molecule has 3 heterocycles. The molecule has 7 heteroatoms. The molecule has 0 bridgehead atoms. The van der Waals surface area contributed by atoms with Crippen LogP contribution in [-0.4, -0.2) is 79.7 Å². The number of aromatic nitrogens is 1. The van der Waals surface area contributed by atoms with Gasteiger partial charge in [0.2, 0.25) is 5.91 Å². The van der Waals surface area contributed by atoms with Gasteiger partial charge in [-0.05, 0) is 25.6 Å². The predicted octanol–water partition coefficient (Wildman–Crippen LogP) is 0.321. The number of likely N-dealkylation sites (tertiary alicyclic amines) is 1. The summed E-state index contributed by atoms with van der Waals surface area (Å²) in [7, 11) is 3.69. The quantitative estimate of drug-likeness (QED) is 0.795. The molecule has 0 aliphatic carbocycles. The maximum absolute atomic E-state index is 12.8. The van der Waals surface area contributed by atoms with E-state index < -0.39 is 0 Å². The highest BCUT2D eigenvalue weighted by atomic mass is 16.5. The normalized spacial score (nSPS) is 24.9. The first-order valence-electron chi connectivity index (χ1n) is 8.25. The van der Waals surface area contributed by atoms with Gasteiger partial charge in [0, 0.05) is 39.8 Å². The molecule has 2 saturated heterocycles. The Morgan fingerprint density at radius 2 is 2.08 bits per heavy atom. The standard InChI is InChI=1S/C17H23N5O2/c1-20-12-15(24-2)9-16(20)17(23)22-7-5-21(6-8-22)14-4-3-13(10-18)19-11-14/h3-4,11,15-16H,5-9,12H2,1-2H3/t15-,16-/m0/s1. The van der Waals surface area contributed by atoms with Crippen molar-refractivity contribution < 1.29 is 9.53 Å². The lowest BCUT2D eigenvalue weighted by Crippen LogP contribution is -2.53. The molecule has 24 heavy (non-hydrogen) atoms. The van der Waals surface area contributed by atoms with Crippen molar-refractivity contribution in [2.24, 2.45) is 0 Å². The molecule has 0 radical (unpaired) electrons. The lowest BCUT2D eigenvalue weighted by Gasteiger charge is -2.37. The molecular formula is C17H23N5O2. The van der Waals surface area contributed by atoms with Crippen LogP contribution in [0.4, 0.5) is 5.69 Å². The van der Waals surface area contributed by atoms with Gasteiger partial charge in [0.05, 0.1) is 24.0 Å². The number of hydrogen-bond donors (Lipinski definition) is 0. The Bertz CT molecular complexity index is 619. The zero-order chi connectivity index (χ0) is 17.1. The van der Waals surface area contributed by atoms with E-state index in [0.29, 0.717) is 18.8 Å². The Labute approximate surface area is 142 Å². The molecule has 3 rings (SSSR count). The van der Waals surface area contributed by atoms with Crippen LogP contribution in [-0.2, 0) is 9.53 Å². The van der Waals surface area contributed by atoms with E-state index in [1.807, 2.05) is 24.1 Å². The van der Waals surface area contributed by atoms with Gasteiger partial charge in [0.15, 0.2) is 0 Å². The molecule has 2 aliphatic rings. The molecule has 0 N–H and O–H groups in total. The third-order valence-corrected chi connectivity index (χ3v) is 4.95. The highest BCUT2D eigenvalue weighted by Crippen LogP contribution is 2.22. The molecule has 2 atom stereocenters. The van der Waals surface area contributed by atoms with E-state index in [4.69, 9.17) is 10.00 Å². The van der Waals surface area contributed by atoms with Gasteiger partial charge in [0.1, 0.15) is 11.8 Å². The summed E-state index contributed by atoms with van der Waals surface area (Å²) in [5.41, 5.74) is 1.42. The molecule has 0 unspecified atom stereocenters. The van der Waals surface area contributed by atoms with Gasteiger partial charge in [0.25, 0.3) is 0 Å². The van der Waals surface area contributed by atoms with Crippen molar-refractivity contribution in [3.63, 3.8) is 0 Å². The number of nitrogens with zero attached hydrogens (tertiary/aromatic N) is 5. The van der Waals surface area contributed by atoms with Crippen molar-refractivity contribution in [3.05, 3.63) is 24.0 Å². The smallest absolute Gasteiger partial charge is 0.240 e. The Kier molecular flexibility index (Phi) is 4.97. The molecule has 1 amide bonds. The SMILES string of the molecule is CO[C@H]1C[C@@H](C(=O)N2CCN(c3ccc(C#N)nc3)CC2)N(C)C1. The maximum atomic E-state index is 12.8. The number of anilines is 1. The zero-order valence-electron chi connectivity index (χ0n) is 14.2. The molecule has 128 valence electrons. The number of rotatable bonds is 3. The van der Waals surface area contributed by atoms with E-state index in [-0.39, 0.29) is 18.1 Å². The van der Waals surface area contributed by atoms with Crippen molar-refractivity contribution in [2.45, 2.75) is 18.6 Å². The highest BCUT2D eigenvalue weighted by Gasteiger charge is 2.37. The van der Waals surface area contributed by atoms with Crippen molar-refractivity contribution in [2.75, 3.05) is 51.8 Å². The van der Waals surface area contributed by atoms with Crippen LogP contribution < -0.4 is 4.90 Å². The summed E-state index contributed by atoms with van der Waals surface area (Å²) in [6.07, 6.45) is 2.64. The van der Waals surface area contributed by atoms with Crippen molar-refractivity contribution in [3.8, 4) is 6.07 Å². The first kappa shape index (κ1) is 16.7. The van der Waals surface area contributed by atoms with Gasteiger partial charge in [-0.2, -0.15) is 5.26 Å². The average Bonchev–Trinajstić information content (AvgIpc) is 3.02. The van der Waals surface area contributed by atoms with Gasteiger partial charge in [-0.25, -0.2) is 4.98 Å². The maximum Gasteiger partial charge on any atom is 0.240 e. The number of methoxy groups -OCH3 is 1. The number of amides is 1. The Morgan fingerprint density at radius 3 is 2.62 bits per heavy atom. The van der Waals surface area contributed by atoms with Crippen LogP contribution in [0.2, 0.25) is 0 Å². The summed E-state index contributed by atoms with van der Waals surface area (Å²) in [5.74, 6) is 0.203. The van der Waals surface area contributed by atoms with Gasteiger partial charge in [-0.15, -0.1) is 0 Å². The third kappa shape index (κ3) is 3.35. The van der Waals surface area contributed by atoms with E-state index in [1.165, 1.54) is 0 Å². The topological polar surface area (TPSA) is 72.7 Å². The zero-order valence-corrected chi connectivity index (χ0v) is 14.2. The molecule has 2 aliphatic heterocycles. The molecular weight excluding hydrogens is 306 g/mol. The fourth-order valence-electron chi connectivity index (χ4n) is 3.45. The summed E-state index contributed by atoms with van der Waals surface area (Å²) >= 11 is 0. The molecule has 1 aromatic heterocycles. The second kappa shape index (κ2) is 7.16. The van der Waals surface area contributed by atoms with E-state index in [1.54, 1.807) is 19.4 Å². The van der Waals surface area contributed by atoms with Crippen molar-refractivity contribution in [1.29, 1.82) is 5.26 Å². The van der Waals surface area contributed by atoms with Gasteiger partial charge < -0.3 is 14.5 Å². The molecule has 0 saturated carbocycles. The summed E-state index contributed by atoms with van der Waals surface area (Å²) in [5, 5.41) is 8.81. The Balaban J connectivity index is 1.56. The minimum absolute atomic E-state index is 0.0712. The van der Waals surface area contributed by atoms with E-state index >= 15 is 0 Å². The summed E-state index contributed by atoms with van der Waals surface area (Å²) in [4.78, 5) is 23.1. The van der Waals surface area contributed by atoms with Gasteiger partial charge >= 0.3 is 0 Å². The summed E-state index contributed by atoms with van der Waals surface area (Å²) in [6, 6.07) is 5.60. The van der Waals surface area contributed by atoms with Crippen LogP contribution in [0, 0.1) is 11.3 Å². The van der Waals surface area contributed by atoms with Crippen LogP contribution in [0.1, 0.15) is 12.1 Å². The van der Waals surface area contributed by atoms with Gasteiger partial charge in [-0.1, -0.05) is 0 Å². The molecule has 7 nitrogen and oxygen atoms in total. The fourth-order valence-corrected chi connectivity index (χ4v) is 3.45. The number of piperazine rings is 1. The van der Waals surface area contributed by atoms with Crippen molar-refractivity contribution in [1.82, 2.24) is 14.8 Å². The number of carbonyl (C=O) groups is 1. The lowest BCUT2D eigenvalue weighted by molar-refractivity contribution is -0.135. The van der Waals surface area contributed by atoms with Crippen LogP contribution >= 0.6 is 0 Å². The van der Waals surface area contributed by atoms with Crippen LogP contribution in [0.3, 0.4) is 0 Å². The lowest BCUT2D eigenvalue weighted by atomic mass is 10.1. The van der Waals surface area contributed by atoms with Crippen LogP contribution in [0.15, 0.2) is 18.3 Å². The second-order valence-corrected chi connectivity index (χ2v) is 6.37. The highest BCUT2D eigenvalue weighted by molar-refractivity contribution is 5.82. The van der Waals surface area contributed by atoms with E-state index in [2.05, 4.69) is 14.8 Å². The third-order valence-electron chi connectivity index (χ3n) is 4.95. The molecule has 0 spiro atoms. The number of carbonyl (C=O) groups excluding carboxylic acids is 1. The largest absolute Gasteiger partial charge is 0.380 e. The van der Waals surface area contributed by atoms with Crippen LogP contribution in [0.25, 0.3) is 0 Å². The molecule has 2 fully saturated rings. The first-order valence-corrected chi connectivity index (χ1v) is 8.25. The monoisotopic (exact) mass is 329 g/mol. The van der Waals surface area contributed by atoms with Crippen molar-refractivity contribution >= 4 is 11.6 Å². The Morgan fingerprint density at radius 1 is 1.33 bits per heavy atom. The number of nitriles is 1. The summed E-state index contributed by atoms with van der Waals surface area (Å²) in [6.45, 7) is 3.79.